The van der Waals surface area contributed by atoms with Crippen LogP contribution in [0.3, 0.4) is 0 Å². The number of methoxy groups -OCH3 is 2. The lowest BCUT2D eigenvalue weighted by Gasteiger charge is -2.28. The predicted molar refractivity (Wildman–Crippen MR) is 118 cm³/mol. The molecular weight excluding hydrogens is 411 g/mol. The third-order valence-electron chi connectivity index (χ3n) is 5.54. The molecule has 0 spiro atoms. The van der Waals surface area contributed by atoms with E-state index in [1.165, 1.54) is 26.4 Å². The fourth-order valence-electron chi connectivity index (χ4n) is 3.94. The Morgan fingerprint density at radius 2 is 1.75 bits per heavy atom. The Labute approximate surface area is 185 Å². The fourth-order valence-corrected chi connectivity index (χ4v) is 3.94. The van der Waals surface area contributed by atoms with Crippen LogP contribution in [-0.2, 0) is 11.3 Å². The van der Waals surface area contributed by atoms with Crippen molar-refractivity contribution in [3.63, 3.8) is 0 Å². The molecule has 2 amide bonds. The van der Waals surface area contributed by atoms with Crippen molar-refractivity contribution in [3.05, 3.63) is 89.2 Å². The van der Waals surface area contributed by atoms with E-state index in [1.807, 2.05) is 18.2 Å². The molecule has 3 aromatic carbocycles. The lowest BCUT2D eigenvalue weighted by atomic mass is 10.0. The van der Waals surface area contributed by atoms with Crippen LogP contribution in [0.2, 0.25) is 0 Å². The van der Waals surface area contributed by atoms with Gasteiger partial charge in [-0.15, -0.1) is 0 Å². The lowest BCUT2D eigenvalue weighted by molar-refractivity contribution is -0.117. The summed E-state index contributed by atoms with van der Waals surface area (Å²) in [5.41, 5.74) is 2.33. The molecule has 0 aromatic heterocycles. The highest BCUT2D eigenvalue weighted by molar-refractivity contribution is 5.99. The Morgan fingerprint density at radius 1 is 1.03 bits per heavy atom. The summed E-state index contributed by atoms with van der Waals surface area (Å²) in [4.78, 5) is 27.7. The van der Waals surface area contributed by atoms with Gasteiger partial charge in [0.1, 0.15) is 5.82 Å². The van der Waals surface area contributed by atoms with Crippen LogP contribution in [0.15, 0.2) is 66.7 Å². The molecule has 0 saturated carbocycles. The van der Waals surface area contributed by atoms with Gasteiger partial charge in [-0.2, -0.15) is 0 Å². The first kappa shape index (κ1) is 21.4. The first-order valence-electron chi connectivity index (χ1n) is 10.2. The number of hydrogen-bond donors (Lipinski definition) is 1. The Bertz CT molecular complexity index is 1160. The Kier molecular flexibility index (Phi) is 6.07. The highest BCUT2D eigenvalue weighted by Gasteiger charge is 2.35. The van der Waals surface area contributed by atoms with Gasteiger partial charge in [0, 0.05) is 12.1 Å². The van der Waals surface area contributed by atoms with Crippen LogP contribution in [0, 0.1) is 5.82 Å². The standard InChI is InChI=1S/C25H23FN2O4/c1-31-22-12-11-16(13-23(22)32-2)21(14-24(29)27-20-10-6-5-9-19(20)26)28-15-17-7-3-4-8-18(17)25(28)30/h3-13,21H,14-15H2,1-2H3,(H,27,29)/t21-/m0/s1. The summed E-state index contributed by atoms with van der Waals surface area (Å²) in [6.45, 7) is 0.376. The van der Waals surface area contributed by atoms with Crippen LogP contribution in [0.1, 0.15) is 33.9 Å². The average molecular weight is 434 g/mol. The van der Waals surface area contributed by atoms with Crippen LogP contribution in [0.5, 0.6) is 11.5 Å². The number of nitrogens with zero attached hydrogens (tertiary/aromatic N) is 1. The van der Waals surface area contributed by atoms with Gasteiger partial charge in [-0.05, 0) is 41.5 Å². The monoisotopic (exact) mass is 434 g/mol. The van der Waals surface area contributed by atoms with E-state index in [0.717, 1.165) is 5.56 Å². The van der Waals surface area contributed by atoms with Gasteiger partial charge in [0.15, 0.2) is 11.5 Å². The zero-order valence-corrected chi connectivity index (χ0v) is 17.8. The summed E-state index contributed by atoms with van der Waals surface area (Å²) < 4.78 is 24.8. The highest BCUT2D eigenvalue weighted by Crippen LogP contribution is 2.37. The van der Waals surface area contributed by atoms with E-state index in [9.17, 15) is 14.0 Å². The molecule has 1 N–H and O–H groups in total. The number of para-hydroxylation sites is 1. The lowest BCUT2D eigenvalue weighted by Crippen LogP contribution is -2.32. The van der Waals surface area contributed by atoms with Crippen molar-refractivity contribution in [2.45, 2.75) is 19.0 Å². The van der Waals surface area contributed by atoms with E-state index in [2.05, 4.69) is 5.32 Å². The molecule has 0 fully saturated rings. The maximum absolute atomic E-state index is 14.0. The Balaban J connectivity index is 1.67. The number of carbonyl (C=O) groups excluding carboxylic acids is 2. The summed E-state index contributed by atoms with van der Waals surface area (Å²) in [6.07, 6.45) is -0.0520. The van der Waals surface area contributed by atoms with E-state index in [4.69, 9.17) is 9.47 Å². The van der Waals surface area contributed by atoms with Crippen molar-refractivity contribution in [1.82, 2.24) is 4.90 Å². The fraction of sp³-hybridized carbons (Fsp3) is 0.200. The number of nitrogens with one attached hydrogen (secondary N) is 1. The number of ether oxygens (including phenoxy) is 2. The maximum Gasteiger partial charge on any atom is 0.255 e. The van der Waals surface area contributed by atoms with Gasteiger partial charge in [0.05, 0.1) is 32.4 Å². The number of amides is 2. The number of halogens is 1. The van der Waals surface area contributed by atoms with Crippen molar-refractivity contribution >= 4 is 17.5 Å². The molecule has 164 valence electrons. The van der Waals surface area contributed by atoms with E-state index in [0.29, 0.717) is 29.2 Å². The van der Waals surface area contributed by atoms with Gasteiger partial charge in [-0.1, -0.05) is 36.4 Å². The minimum absolute atomic E-state index is 0.0520. The molecule has 0 radical (unpaired) electrons. The van der Waals surface area contributed by atoms with Crippen LogP contribution >= 0.6 is 0 Å². The Morgan fingerprint density at radius 3 is 2.47 bits per heavy atom. The van der Waals surface area contributed by atoms with Crippen molar-refractivity contribution in [2.24, 2.45) is 0 Å². The first-order valence-corrected chi connectivity index (χ1v) is 10.2. The molecule has 1 aliphatic heterocycles. The summed E-state index contributed by atoms with van der Waals surface area (Å²) >= 11 is 0. The van der Waals surface area contributed by atoms with Crippen molar-refractivity contribution < 1.29 is 23.5 Å². The van der Waals surface area contributed by atoms with E-state index >= 15 is 0 Å². The molecular formula is C25H23FN2O4. The van der Waals surface area contributed by atoms with Crippen molar-refractivity contribution in [1.29, 1.82) is 0 Å². The molecule has 7 heteroatoms. The number of carbonyl (C=O) groups is 2. The average Bonchev–Trinajstić information content (AvgIpc) is 3.15. The number of hydrogen-bond acceptors (Lipinski definition) is 4. The summed E-state index contributed by atoms with van der Waals surface area (Å²) in [5.74, 6) is -0.0404. The van der Waals surface area contributed by atoms with Crippen LogP contribution < -0.4 is 14.8 Å². The molecule has 0 bridgehead atoms. The molecule has 1 heterocycles. The molecule has 6 nitrogen and oxygen atoms in total. The maximum atomic E-state index is 14.0. The highest BCUT2D eigenvalue weighted by atomic mass is 19.1. The summed E-state index contributed by atoms with van der Waals surface area (Å²) in [7, 11) is 3.07. The van der Waals surface area contributed by atoms with Gasteiger partial charge in [0.25, 0.3) is 5.91 Å². The molecule has 0 aliphatic carbocycles. The minimum Gasteiger partial charge on any atom is -0.493 e. The van der Waals surface area contributed by atoms with E-state index in [-0.39, 0.29) is 18.0 Å². The molecule has 0 saturated heterocycles. The molecule has 32 heavy (non-hydrogen) atoms. The smallest absolute Gasteiger partial charge is 0.255 e. The topological polar surface area (TPSA) is 67.9 Å². The van der Waals surface area contributed by atoms with E-state index in [1.54, 1.807) is 41.3 Å². The van der Waals surface area contributed by atoms with Gasteiger partial charge >= 0.3 is 0 Å². The SMILES string of the molecule is COc1ccc([C@H](CC(=O)Nc2ccccc2F)N2Cc3ccccc3C2=O)cc1OC. The van der Waals surface area contributed by atoms with Crippen LogP contribution in [0.25, 0.3) is 0 Å². The molecule has 0 unspecified atom stereocenters. The third kappa shape index (κ3) is 4.14. The molecule has 1 aliphatic rings. The second-order valence-corrected chi connectivity index (χ2v) is 7.45. The Hall–Kier alpha value is -3.87. The van der Waals surface area contributed by atoms with Gasteiger partial charge in [-0.3, -0.25) is 9.59 Å². The number of anilines is 1. The largest absolute Gasteiger partial charge is 0.493 e. The van der Waals surface area contributed by atoms with E-state index < -0.39 is 17.8 Å². The second-order valence-electron chi connectivity index (χ2n) is 7.45. The molecule has 4 rings (SSSR count). The summed E-state index contributed by atoms with van der Waals surface area (Å²) in [6, 6.07) is 18.1. The normalized spacial score (nSPS) is 13.5. The number of fused-ring (bicyclic) bond motifs is 1. The minimum atomic E-state index is -0.582. The van der Waals surface area contributed by atoms with Gasteiger partial charge in [0.2, 0.25) is 5.91 Å². The van der Waals surface area contributed by atoms with Gasteiger partial charge < -0.3 is 19.7 Å². The second kappa shape index (κ2) is 9.09. The third-order valence-corrected chi connectivity index (χ3v) is 5.54. The molecule has 3 aromatic rings. The number of benzene rings is 3. The zero-order chi connectivity index (χ0) is 22.7. The zero-order valence-electron chi connectivity index (χ0n) is 17.8. The molecule has 1 atom stereocenters. The quantitative estimate of drug-likeness (QED) is 0.592. The number of rotatable bonds is 7. The van der Waals surface area contributed by atoms with Gasteiger partial charge in [-0.25, -0.2) is 4.39 Å². The first-order chi connectivity index (χ1) is 15.5. The van der Waals surface area contributed by atoms with Crippen molar-refractivity contribution in [2.75, 3.05) is 19.5 Å². The van der Waals surface area contributed by atoms with Crippen LogP contribution in [-0.4, -0.2) is 30.9 Å². The predicted octanol–water partition coefficient (Wildman–Crippen LogP) is 4.57. The summed E-state index contributed by atoms with van der Waals surface area (Å²) in [5, 5.41) is 2.61. The van der Waals surface area contributed by atoms with Crippen LogP contribution in [0.4, 0.5) is 10.1 Å². The van der Waals surface area contributed by atoms with Crippen molar-refractivity contribution in [3.8, 4) is 11.5 Å².